The third-order valence-corrected chi connectivity index (χ3v) is 5.19. The van der Waals surface area contributed by atoms with Crippen molar-refractivity contribution in [1.82, 2.24) is 20.0 Å². The van der Waals surface area contributed by atoms with Crippen molar-refractivity contribution in [2.24, 2.45) is 0 Å². The molecule has 1 saturated heterocycles. The number of nitrogens with zero attached hydrogens (tertiary/aromatic N) is 3. The smallest absolute Gasteiger partial charge is 0.235 e. The number of hydrogen-bond acceptors (Lipinski definition) is 8. The molecule has 4 rings (SSSR count). The van der Waals surface area contributed by atoms with Crippen molar-refractivity contribution in [3.8, 4) is 0 Å². The van der Waals surface area contributed by atoms with Crippen molar-refractivity contribution in [2.45, 2.75) is 37.6 Å². The van der Waals surface area contributed by atoms with Crippen molar-refractivity contribution < 1.29 is 24.9 Å². The number of carbonyl (C=O) groups excluding carboxylic acids is 1. The molecule has 0 aliphatic carbocycles. The Balaban J connectivity index is 1.61. The molecule has 0 radical (unpaired) electrons. The number of aliphatic hydroxyl groups excluding tert-OH is 3. The van der Waals surface area contributed by atoms with E-state index in [1.165, 1.54) is 13.3 Å². The number of nitrogens with one attached hydrogen (secondary N) is 2. The van der Waals surface area contributed by atoms with Gasteiger partial charge in [-0.25, -0.2) is 9.97 Å². The van der Waals surface area contributed by atoms with E-state index in [-0.39, 0.29) is 5.91 Å². The van der Waals surface area contributed by atoms with Gasteiger partial charge >= 0.3 is 0 Å². The van der Waals surface area contributed by atoms with Crippen LogP contribution in [0.3, 0.4) is 0 Å². The fourth-order valence-corrected chi connectivity index (χ4v) is 3.58. The predicted molar refractivity (Wildman–Crippen MR) is 107 cm³/mol. The summed E-state index contributed by atoms with van der Waals surface area (Å²) in [5.41, 5.74) is 6.05. The minimum absolute atomic E-state index is 0.294. The Bertz CT molecular complexity index is 1060. The Kier molecular flexibility index (Phi) is 5.58. The van der Waals surface area contributed by atoms with Crippen LogP contribution in [0.15, 0.2) is 42.9 Å². The first kappa shape index (κ1) is 20.5. The molecule has 10 nitrogen and oxygen atoms in total. The Morgan fingerprint density at radius 1 is 1.20 bits per heavy atom. The van der Waals surface area contributed by atoms with Gasteiger partial charge in [0.1, 0.15) is 36.4 Å². The quantitative estimate of drug-likeness (QED) is 0.374. The summed E-state index contributed by atoms with van der Waals surface area (Å²) in [6, 6.07) is 8.18. The standard InChI is InChI=1S/C19H20ClN5O5/c1-9(26)23-24-17-12-6-7-25(18(12)22-8-21-17)19-15(29)14(28)16(30-19)13(27)10-2-4-11(20)5-3-10/h2-8,13-16,19,27-29H,1H3,(H,23,26)(H,21,22,24)/t13?,14-,15+,16+,19+/m0/s1. The number of benzene rings is 1. The van der Waals surface area contributed by atoms with Crippen LogP contribution in [0.4, 0.5) is 5.82 Å². The lowest BCUT2D eigenvalue weighted by atomic mass is 9.99. The summed E-state index contributed by atoms with van der Waals surface area (Å²) in [6.07, 6.45) is -2.97. The largest absolute Gasteiger partial charge is 0.387 e. The second kappa shape index (κ2) is 8.17. The predicted octanol–water partition coefficient (Wildman–Crippen LogP) is 0.900. The lowest BCUT2D eigenvalue weighted by Gasteiger charge is -2.21. The van der Waals surface area contributed by atoms with E-state index in [2.05, 4.69) is 20.8 Å². The number of halogens is 1. The van der Waals surface area contributed by atoms with Crippen molar-refractivity contribution in [3.63, 3.8) is 0 Å². The lowest BCUT2D eigenvalue weighted by Crippen LogP contribution is -2.34. The molecule has 1 aliphatic rings. The van der Waals surface area contributed by atoms with Crippen LogP contribution >= 0.6 is 11.6 Å². The van der Waals surface area contributed by atoms with Gasteiger partial charge in [-0.15, -0.1) is 0 Å². The molecule has 0 bridgehead atoms. The van der Waals surface area contributed by atoms with E-state index in [9.17, 15) is 20.1 Å². The topological polar surface area (TPSA) is 142 Å². The monoisotopic (exact) mass is 433 g/mol. The third-order valence-electron chi connectivity index (χ3n) is 4.94. The fourth-order valence-electron chi connectivity index (χ4n) is 3.45. The van der Waals surface area contributed by atoms with Gasteiger partial charge in [-0.1, -0.05) is 23.7 Å². The van der Waals surface area contributed by atoms with Crippen molar-refractivity contribution in [3.05, 3.63) is 53.4 Å². The molecule has 158 valence electrons. The number of anilines is 1. The number of rotatable bonds is 5. The van der Waals surface area contributed by atoms with Gasteiger partial charge in [-0.05, 0) is 23.8 Å². The summed E-state index contributed by atoms with van der Waals surface area (Å²) in [5, 5.41) is 32.9. The van der Waals surface area contributed by atoms with Gasteiger partial charge in [0.15, 0.2) is 12.0 Å². The minimum Gasteiger partial charge on any atom is -0.387 e. The third kappa shape index (κ3) is 3.71. The minimum atomic E-state index is -1.34. The van der Waals surface area contributed by atoms with Crippen LogP contribution in [0.1, 0.15) is 24.8 Å². The van der Waals surface area contributed by atoms with Gasteiger partial charge in [0, 0.05) is 18.1 Å². The summed E-state index contributed by atoms with van der Waals surface area (Å²) in [4.78, 5) is 19.5. The van der Waals surface area contributed by atoms with Gasteiger partial charge in [0.25, 0.3) is 0 Å². The summed E-state index contributed by atoms with van der Waals surface area (Å²) in [6.45, 7) is 1.35. The molecular formula is C19H20ClN5O5. The average molecular weight is 434 g/mol. The number of hydrazine groups is 1. The molecule has 5 atom stereocenters. The zero-order valence-corrected chi connectivity index (χ0v) is 16.6. The summed E-state index contributed by atoms with van der Waals surface area (Å²) in [7, 11) is 0. The molecule has 0 saturated carbocycles. The first-order valence-electron chi connectivity index (χ1n) is 9.16. The van der Waals surface area contributed by atoms with Crippen LogP contribution in [0.2, 0.25) is 5.02 Å². The lowest BCUT2D eigenvalue weighted by molar-refractivity contribution is -0.118. The maximum atomic E-state index is 11.1. The highest BCUT2D eigenvalue weighted by Gasteiger charge is 2.47. The molecular weight excluding hydrogens is 414 g/mol. The van der Waals surface area contributed by atoms with E-state index in [4.69, 9.17) is 16.3 Å². The molecule has 0 spiro atoms. The molecule has 1 unspecified atom stereocenters. The van der Waals surface area contributed by atoms with Crippen molar-refractivity contribution in [1.29, 1.82) is 0 Å². The number of amides is 1. The number of aromatic nitrogens is 3. The highest BCUT2D eigenvalue weighted by atomic mass is 35.5. The fraction of sp³-hybridized carbons (Fsp3) is 0.316. The van der Waals surface area contributed by atoms with Crippen LogP contribution in [0, 0.1) is 0 Å². The summed E-state index contributed by atoms with van der Waals surface area (Å²) >= 11 is 5.88. The van der Waals surface area contributed by atoms with E-state index in [1.807, 2.05) is 0 Å². The van der Waals surface area contributed by atoms with E-state index >= 15 is 0 Å². The highest BCUT2D eigenvalue weighted by molar-refractivity contribution is 6.30. The van der Waals surface area contributed by atoms with Gasteiger partial charge in [0.05, 0.1) is 5.39 Å². The van der Waals surface area contributed by atoms with Crippen LogP contribution in [-0.2, 0) is 9.53 Å². The molecule has 11 heteroatoms. The normalized spacial score (nSPS) is 24.7. The van der Waals surface area contributed by atoms with Crippen LogP contribution in [0.5, 0.6) is 0 Å². The van der Waals surface area contributed by atoms with E-state index in [0.29, 0.717) is 27.4 Å². The molecule has 1 aromatic carbocycles. The maximum absolute atomic E-state index is 11.1. The van der Waals surface area contributed by atoms with E-state index in [0.717, 1.165) is 0 Å². The van der Waals surface area contributed by atoms with Gasteiger partial charge in [-0.3, -0.25) is 15.6 Å². The van der Waals surface area contributed by atoms with Crippen LogP contribution in [0.25, 0.3) is 11.0 Å². The van der Waals surface area contributed by atoms with Crippen molar-refractivity contribution >= 4 is 34.4 Å². The summed E-state index contributed by atoms with van der Waals surface area (Å²) < 4.78 is 7.39. The Morgan fingerprint density at radius 2 is 1.93 bits per heavy atom. The maximum Gasteiger partial charge on any atom is 0.235 e. The van der Waals surface area contributed by atoms with Gasteiger partial charge in [-0.2, -0.15) is 0 Å². The van der Waals surface area contributed by atoms with Crippen LogP contribution < -0.4 is 10.9 Å². The molecule has 3 aromatic rings. The second-order valence-corrected chi connectivity index (χ2v) is 7.39. The van der Waals surface area contributed by atoms with E-state index in [1.54, 1.807) is 41.1 Å². The zero-order chi connectivity index (χ0) is 21.4. The SMILES string of the molecule is CC(=O)NNc1ncnc2c1ccn2[C@@H]1O[C@H](C(O)c2ccc(Cl)cc2)[C@@H](O)[C@H]1O. The molecule has 1 amide bonds. The average Bonchev–Trinajstić information content (AvgIpc) is 3.28. The van der Waals surface area contributed by atoms with Crippen LogP contribution in [-0.4, -0.2) is 54.1 Å². The highest BCUT2D eigenvalue weighted by Crippen LogP contribution is 2.38. The molecule has 30 heavy (non-hydrogen) atoms. The Morgan fingerprint density at radius 3 is 2.63 bits per heavy atom. The molecule has 1 fully saturated rings. The number of carbonyl (C=O) groups is 1. The first-order chi connectivity index (χ1) is 14.4. The molecule has 1 aliphatic heterocycles. The Hall–Kier alpha value is -2.76. The van der Waals surface area contributed by atoms with Crippen molar-refractivity contribution in [2.75, 3.05) is 5.43 Å². The zero-order valence-electron chi connectivity index (χ0n) is 15.8. The number of hydrogen-bond donors (Lipinski definition) is 5. The molecule has 2 aromatic heterocycles. The first-order valence-corrected chi connectivity index (χ1v) is 9.54. The number of fused-ring (bicyclic) bond motifs is 1. The van der Waals surface area contributed by atoms with E-state index < -0.39 is 30.6 Å². The Labute approximate surface area is 176 Å². The second-order valence-electron chi connectivity index (χ2n) is 6.96. The molecule has 3 heterocycles. The summed E-state index contributed by atoms with van der Waals surface area (Å²) in [5.74, 6) is 0.0672. The van der Waals surface area contributed by atoms with Gasteiger partial charge < -0.3 is 24.6 Å². The molecule has 5 N–H and O–H groups in total. The van der Waals surface area contributed by atoms with Gasteiger partial charge in [0.2, 0.25) is 5.91 Å². The number of ether oxygens (including phenoxy) is 1. The number of aliphatic hydroxyl groups is 3.